The Hall–Kier alpha value is -3.02. The molecule has 0 aliphatic carbocycles. The SMILES string of the molecule is c1cncc(-c2noc(CCc3nc4ccccc4[nH]3)n2)c1. The summed E-state index contributed by atoms with van der Waals surface area (Å²) >= 11 is 0. The highest BCUT2D eigenvalue weighted by molar-refractivity contribution is 5.74. The van der Waals surface area contributed by atoms with Crippen molar-refractivity contribution in [2.24, 2.45) is 0 Å². The molecule has 0 atom stereocenters. The summed E-state index contributed by atoms with van der Waals surface area (Å²) in [7, 11) is 0. The minimum absolute atomic E-state index is 0.563. The van der Waals surface area contributed by atoms with Crippen molar-refractivity contribution in [2.45, 2.75) is 12.8 Å². The minimum atomic E-state index is 0.563. The van der Waals surface area contributed by atoms with Gasteiger partial charge in [-0.15, -0.1) is 0 Å². The van der Waals surface area contributed by atoms with Gasteiger partial charge in [0.1, 0.15) is 5.82 Å². The number of nitrogens with one attached hydrogen (secondary N) is 1. The molecule has 0 aliphatic rings. The molecule has 0 amide bonds. The molecule has 0 saturated carbocycles. The fraction of sp³-hybridized carbons (Fsp3) is 0.125. The van der Waals surface area contributed by atoms with Gasteiger partial charge in [-0.2, -0.15) is 4.98 Å². The van der Waals surface area contributed by atoms with Crippen LogP contribution >= 0.6 is 0 Å². The van der Waals surface area contributed by atoms with Gasteiger partial charge < -0.3 is 9.51 Å². The van der Waals surface area contributed by atoms with Gasteiger partial charge in [0.2, 0.25) is 11.7 Å². The second kappa shape index (κ2) is 5.40. The van der Waals surface area contributed by atoms with Crippen molar-refractivity contribution in [3.05, 3.63) is 60.5 Å². The third-order valence-electron chi connectivity index (χ3n) is 3.40. The lowest BCUT2D eigenvalue weighted by molar-refractivity contribution is 0.378. The largest absolute Gasteiger partial charge is 0.342 e. The van der Waals surface area contributed by atoms with Crippen LogP contribution in [0.15, 0.2) is 53.3 Å². The summed E-state index contributed by atoms with van der Waals surface area (Å²) < 4.78 is 5.28. The predicted octanol–water partition coefficient (Wildman–Crippen LogP) is 2.79. The number of imidazole rings is 1. The van der Waals surface area contributed by atoms with Crippen LogP contribution in [-0.4, -0.2) is 25.1 Å². The standard InChI is InChI=1S/C16H13N5O/c1-2-6-13-12(5-1)18-14(19-13)7-8-15-20-16(21-22-15)11-4-3-9-17-10-11/h1-6,9-10H,7-8H2,(H,18,19). The molecule has 0 radical (unpaired) electrons. The van der Waals surface area contributed by atoms with Crippen LogP contribution in [0.3, 0.4) is 0 Å². The van der Waals surface area contributed by atoms with Crippen molar-refractivity contribution in [3.63, 3.8) is 0 Å². The van der Waals surface area contributed by atoms with Gasteiger partial charge in [-0.25, -0.2) is 4.98 Å². The number of rotatable bonds is 4. The second-order valence-electron chi connectivity index (χ2n) is 4.95. The topological polar surface area (TPSA) is 80.5 Å². The van der Waals surface area contributed by atoms with Gasteiger partial charge in [0, 0.05) is 30.8 Å². The lowest BCUT2D eigenvalue weighted by Crippen LogP contribution is -1.93. The highest BCUT2D eigenvalue weighted by Crippen LogP contribution is 2.15. The van der Waals surface area contributed by atoms with E-state index in [-0.39, 0.29) is 0 Å². The van der Waals surface area contributed by atoms with Crippen molar-refractivity contribution in [1.29, 1.82) is 0 Å². The molecular weight excluding hydrogens is 278 g/mol. The van der Waals surface area contributed by atoms with Gasteiger partial charge in [0.25, 0.3) is 0 Å². The van der Waals surface area contributed by atoms with Crippen molar-refractivity contribution >= 4 is 11.0 Å². The molecule has 108 valence electrons. The highest BCUT2D eigenvalue weighted by Gasteiger charge is 2.10. The molecule has 1 N–H and O–H groups in total. The summed E-state index contributed by atoms with van der Waals surface area (Å²) in [4.78, 5) is 16.3. The molecule has 3 aromatic heterocycles. The summed E-state index contributed by atoms with van der Waals surface area (Å²) in [5.74, 6) is 2.08. The van der Waals surface area contributed by atoms with Crippen LogP contribution in [0.5, 0.6) is 0 Å². The Kier molecular flexibility index (Phi) is 3.12. The van der Waals surface area contributed by atoms with Crippen LogP contribution < -0.4 is 0 Å². The number of para-hydroxylation sites is 2. The van der Waals surface area contributed by atoms with Gasteiger partial charge in [-0.3, -0.25) is 4.98 Å². The molecular formula is C16H13N5O. The predicted molar refractivity (Wildman–Crippen MR) is 81.0 cm³/mol. The first kappa shape index (κ1) is 12.7. The van der Waals surface area contributed by atoms with Crippen LogP contribution in [0.25, 0.3) is 22.4 Å². The first-order chi connectivity index (χ1) is 10.9. The Bertz CT molecular complexity index is 864. The van der Waals surface area contributed by atoms with E-state index >= 15 is 0 Å². The van der Waals surface area contributed by atoms with Gasteiger partial charge in [-0.1, -0.05) is 17.3 Å². The van der Waals surface area contributed by atoms with Crippen molar-refractivity contribution in [1.82, 2.24) is 25.1 Å². The fourth-order valence-electron chi connectivity index (χ4n) is 2.32. The van der Waals surface area contributed by atoms with E-state index in [1.165, 1.54) is 0 Å². The Balaban J connectivity index is 1.49. The van der Waals surface area contributed by atoms with Gasteiger partial charge in [0.15, 0.2) is 0 Å². The van der Waals surface area contributed by atoms with Gasteiger partial charge >= 0.3 is 0 Å². The van der Waals surface area contributed by atoms with E-state index in [0.29, 0.717) is 18.1 Å². The monoisotopic (exact) mass is 291 g/mol. The quantitative estimate of drug-likeness (QED) is 0.625. The number of hydrogen-bond acceptors (Lipinski definition) is 5. The smallest absolute Gasteiger partial charge is 0.227 e. The molecule has 0 fully saturated rings. The summed E-state index contributed by atoms with van der Waals surface area (Å²) in [6.45, 7) is 0. The molecule has 0 unspecified atom stereocenters. The average Bonchev–Trinajstić information content (AvgIpc) is 3.20. The molecule has 0 saturated heterocycles. The summed E-state index contributed by atoms with van der Waals surface area (Å²) in [6.07, 6.45) is 4.80. The zero-order valence-electron chi connectivity index (χ0n) is 11.7. The third-order valence-corrected chi connectivity index (χ3v) is 3.40. The van der Waals surface area contributed by atoms with Crippen LogP contribution in [0, 0.1) is 0 Å². The first-order valence-corrected chi connectivity index (χ1v) is 7.05. The number of aromatic amines is 1. The highest BCUT2D eigenvalue weighted by atomic mass is 16.5. The number of pyridine rings is 1. The van der Waals surface area contributed by atoms with E-state index in [4.69, 9.17) is 4.52 Å². The molecule has 0 spiro atoms. The van der Waals surface area contributed by atoms with Crippen molar-refractivity contribution in [2.75, 3.05) is 0 Å². The zero-order chi connectivity index (χ0) is 14.8. The number of H-pyrrole nitrogens is 1. The lowest BCUT2D eigenvalue weighted by atomic mass is 10.2. The van der Waals surface area contributed by atoms with Crippen LogP contribution in [0.1, 0.15) is 11.7 Å². The number of aryl methyl sites for hydroxylation is 2. The lowest BCUT2D eigenvalue weighted by Gasteiger charge is -1.92. The number of aromatic nitrogens is 5. The second-order valence-corrected chi connectivity index (χ2v) is 4.95. The van der Waals surface area contributed by atoms with Crippen LogP contribution in [0.2, 0.25) is 0 Å². The number of nitrogens with zero attached hydrogens (tertiary/aromatic N) is 4. The fourth-order valence-corrected chi connectivity index (χ4v) is 2.32. The first-order valence-electron chi connectivity index (χ1n) is 7.05. The molecule has 4 rings (SSSR count). The maximum atomic E-state index is 5.28. The molecule has 1 aromatic carbocycles. The Labute approximate surface area is 126 Å². The van der Waals surface area contributed by atoms with Crippen LogP contribution in [0.4, 0.5) is 0 Å². The Morgan fingerprint density at radius 1 is 1.00 bits per heavy atom. The Morgan fingerprint density at radius 3 is 2.82 bits per heavy atom. The van der Waals surface area contributed by atoms with E-state index in [2.05, 4.69) is 25.1 Å². The zero-order valence-corrected chi connectivity index (χ0v) is 11.7. The summed E-state index contributed by atoms with van der Waals surface area (Å²) in [5, 5.41) is 3.98. The summed E-state index contributed by atoms with van der Waals surface area (Å²) in [5.41, 5.74) is 2.86. The van der Waals surface area contributed by atoms with Gasteiger partial charge in [-0.05, 0) is 24.3 Å². The van der Waals surface area contributed by atoms with E-state index in [1.54, 1.807) is 12.4 Å². The molecule has 6 nitrogen and oxygen atoms in total. The molecule has 4 aromatic rings. The third kappa shape index (κ3) is 2.46. The Morgan fingerprint density at radius 2 is 1.95 bits per heavy atom. The summed E-state index contributed by atoms with van der Waals surface area (Å²) in [6, 6.07) is 11.7. The number of benzene rings is 1. The van der Waals surface area contributed by atoms with E-state index in [0.717, 1.165) is 28.8 Å². The maximum Gasteiger partial charge on any atom is 0.227 e. The van der Waals surface area contributed by atoms with Gasteiger partial charge in [0.05, 0.1) is 11.0 Å². The molecule has 6 heteroatoms. The molecule has 22 heavy (non-hydrogen) atoms. The number of fused-ring (bicyclic) bond motifs is 1. The van der Waals surface area contributed by atoms with Crippen molar-refractivity contribution in [3.8, 4) is 11.4 Å². The van der Waals surface area contributed by atoms with E-state index < -0.39 is 0 Å². The maximum absolute atomic E-state index is 5.28. The van der Waals surface area contributed by atoms with Crippen molar-refractivity contribution < 1.29 is 4.52 Å². The molecule has 0 bridgehead atoms. The molecule has 3 heterocycles. The van der Waals surface area contributed by atoms with E-state index in [1.807, 2.05) is 36.4 Å². The van der Waals surface area contributed by atoms with Crippen LogP contribution in [-0.2, 0) is 12.8 Å². The normalized spacial score (nSPS) is 11.1. The number of hydrogen-bond donors (Lipinski definition) is 1. The van der Waals surface area contributed by atoms with E-state index in [9.17, 15) is 0 Å². The molecule has 0 aliphatic heterocycles. The minimum Gasteiger partial charge on any atom is -0.342 e. The average molecular weight is 291 g/mol.